The van der Waals surface area contributed by atoms with E-state index in [1.807, 2.05) is 13.0 Å². The predicted molar refractivity (Wildman–Crippen MR) is 66.6 cm³/mol. The summed E-state index contributed by atoms with van der Waals surface area (Å²) in [6, 6.07) is 5.36. The van der Waals surface area contributed by atoms with Crippen LogP contribution in [-0.4, -0.2) is 11.1 Å². The van der Waals surface area contributed by atoms with Crippen molar-refractivity contribution in [3.63, 3.8) is 0 Å². The average Bonchev–Trinajstić information content (AvgIpc) is 2.67. The monoisotopic (exact) mass is 244 g/mol. The Balaban J connectivity index is 2.23. The summed E-state index contributed by atoms with van der Waals surface area (Å²) in [6.45, 7) is 1.89. The molecule has 0 aliphatic heterocycles. The van der Waals surface area contributed by atoms with E-state index in [0.29, 0.717) is 23.8 Å². The molecule has 1 aliphatic carbocycles. The summed E-state index contributed by atoms with van der Waals surface area (Å²) in [4.78, 5) is 17.5. The Hall–Kier alpha value is -1.93. The lowest BCUT2D eigenvalue weighted by Gasteiger charge is -2.37. The lowest BCUT2D eigenvalue weighted by atomic mass is 9.72. The second-order valence-corrected chi connectivity index (χ2v) is 4.93. The number of halogens is 1. The molecule has 0 bridgehead atoms. The van der Waals surface area contributed by atoms with Gasteiger partial charge in [-0.05, 0) is 38.3 Å². The topological polar surface area (TPSA) is 45.2 Å². The van der Waals surface area contributed by atoms with Gasteiger partial charge in [0.1, 0.15) is 11.4 Å². The SMILES string of the molecule is Cc1cc2c(F)c(C3(N=C=O)CCC3)ccc2[nH]1. The molecule has 18 heavy (non-hydrogen) atoms. The maximum Gasteiger partial charge on any atom is 0.235 e. The summed E-state index contributed by atoms with van der Waals surface area (Å²) in [7, 11) is 0. The summed E-state index contributed by atoms with van der Waals surface area (Å²) < 4.78 is 14.5. The molecule has 0 radical (unpaired) electrons. The zero-order valence-electron chi connectivity index (χ0n) is 10.1. The molecule has 3 rings (SSSR count). The standard InChI is InChI=1S/C14H13FN2O/c1-9-7-10-12(17-9)4-3-11(13(10)15)14(16-8-18)5-2-6-14/h3-4,7,17H,2,5-6H2,1H3. The molecular formula is C14H13FN2O. The van der Waals surface area contributed by atoms with Gasteiger partial charge in [-0.1, -0.05) is 6.07 Å². The fourth-order valence-corrected chi connectivity index (χ4v) is 2.71. The van der Waals surface area contributed by atoms with E-state index in [1.165, 1.54) is 0 Å². The summed E-state index contributed by atoms with van der Waals surface area (Å²) >= 11 is 0. The third kappa shape index (κ3) is 1.42. The minimum atomic E-state index is -0.675. The zero-order valence-corrected chi connectivity index (χ0v) is 10.1. The van der Waals surface area contributed by atoms with Crippen LogP contribution in [0.1, 0.15) is 30.5 Å². The normalized spacial score (nSPS) is 17.2. The molecule has 1 saturated carbocycles. The van der Waals surface area contributed by atoms with E-state index in [9.17, 15) is 9.18 Å². The number of hydrogen-bond acceptors (Lipinski definition) is 2. The molecule has 0 saturated heterocycles. The number of aliphatic imine (C=N–C) groups is 1. The van der Waals surface area contributed by atoms with Gasteiger partial charge in [0.15, 0.2) is 0 Å². The molecule has 1 fully saturated rings. The molecule has 3 nitrogen and oxygen atoms in total. The maximum atomic E-state index is 14.5. The number of carbonyl (C=O) groups excluding carboxylic acids is 1. The number of nitrogens with zero attached hydrogens (tertiary/aromatic N) is 1. The van der Waals surface area contributed by atoms with Crippen molar-refractivity contribution < 1.29 is 9.18 Å². The first kappa shape index (κ1) is 11.2. The second-order valence-electron chi connectivity index (χ2n) is 4.93. The number of isocyanates is 1. The molecule has 1 heterocycles. The molecule has 0 spiro atoms. The third-order valence-electron chi connectivity index (χ3n) is 3.81. The smallest absolute Gasteiger partial charge is 0.235 e. The quantitative estimate of drug-likeness (QED) is 0.639. The average molecular weight is 244 g/mol. The van der Waals surface area contributed by atoms with Crippen molar-refractivity contribution in [3.8, 4) is 0 Å². The number of aryl methyl sites for hydroxylation is 1. The molecule has 1 aromatic carbocycles. The molecule has 0 atom stereocenters. The van der Waals surface area contributed by atoms with Crippen LogP contribution in [0.15, 0.2) is 23.2 Å². The van der Waals surface area contributed by atoms with Gasteiger partial charge in [0, 0.05) is 22.2 Å². The van der Waals surface area contributed by atoms with Gasteiger partial charge in [0.2, 0.25) is 6.08 Å². The lowest BCUT2D eigenvalue weighted by Crippen LogP contribution is -2.32. The second kappa shape index (κ2) is 3.79. The first-order valence-electron chi connectivity index (χ1n) is 6.04. The fraction of sp³-hybridized carbons (Fsp3) is 0.357. The molecule has 0 unspecified atom stereocenters. The van der Waals surface area contributed by atoms with E-state index in [4.69, 9.17) is 0 Å². The first-order chi connectivity index (χ1) is 8.66. The van der Waals surface area contributed by atoms with Gasteiger partial charge in [-0.25, -0.2) is 9.18 Å². The van der Waals surface area contributed by atoms with E-state index >= 15 is 0 Å². The van der Waals surface area contributed by atoms with E-state index < -0.39 is 5.54 Å². The predicted octanol–water partition coefficient (Wildman–Crippen LogP) is 3.33. The Morgan fingerprint density at radius 1 is 1.44 bits per heavy atom. The van der Waals surface area contributed by atoms with Crippen molar-refractivity contribution in [1.29, 1.82) is 0 Å². The summed E-state index contributed by atoms with van der Waals surface area (Å²) in [5, 5.41) is 0.567. The van der Waals surface area contributed by atoms with Crippen LogP contribution in [0.4, 0.5) is 4.39 Å². The largest absolute Gasteiger partial charge is 0.359 e. The van der Waals surface area contributed by atoms with Crippen molar-refractivity contribution >= 4 is 17.0 Å². The number of rotatable bonds is 2. The number of nitrogens with one attached hydrogen (secondary N) is 1. The van der Waals surface area contributed by atoms with Gasteiger partial charge in [-0.15, -0.1) is 0 Å². The molecule has 0 amide bonds. The number of fused-ring (bicyclic) bond motifs is 1. The van der Waals surface area contributed by atoms with Crippen LogP contribution in [0.2, 0.25) is 0 Å². The third-order valence-corrected chi connectivity index (χ3v) is 3.81. The minimum absolute atomic E-state index is 0.268. The molecule has 2 aromatic rings. The Morgan fingerprint density at radius 3 is 2.83 bits per heavy atom. The van der Waals surface area contributed by atoms with Gasteiger partial charge >= 0.3 is 0 Å². The highest BCUT2D eigenvalue weighted by Gasteiger charge is 2.41. The summed E-state index contributed by atoms with van der Waals surface area (Å²) in [6.07, 6.45) is 3.99. The Morgan fingerprint density at radius 2 is 2.22 bits per heavy atom. The zero-order chi connectivity index (χ0) is 12.8. The van der Waals surface area contributed by atoms with Crippen LogP contribution in [0.25, 0.3) is 10.9 Å². The van der Waals surface area contributed by atoms with E-state index in [0.717, 1.165) is 17.6 Å². The van der Waals surface area contributed by atoms with Crippen LogP contribution in [0.5, 0.6) is 0 Å². The van der Waals surface area contributed by atoms with Crippen LogP contribution in [0, 0.1) is 12.7 Å². The van der Waals surface area contributed by atoms with Crippen LogP contribution in [-0.2, 0) is 10.3 Å². The highest BCUT2D eigenvalue weighted by molar-refractivity contribution is 5.82. The van der Waals surface area contributed by atoms with E-state index in [-0.39, 0.29) is 5.82 Å². The number of H-pyrrole nitrogens is 1. The molecular weight excluding hydrogens is 231 g/mol. The van der Waals surface area contributed by atoms with Gasteiger partial charge in [-0.2, -0.15) is 4.99 Å². The van der Waals surface area contributed by atoms with Crippen LogP contribution >= 0.6 is 0 Å². The molecule has 4 heteroatoms. The Kier molecular flexibility index (Phi) is 2.35. The molecule has 92 valence electrons. The van der Waals surface area contributed by atoms with Crippen molar-refractivity contribution in [1.82, 2.24) is 4.98 Å². The molecule has 1 aromatic heterocycles. The van der Waals surface area contributed by atoms with E-state index in [1.54, 1.807) is 18.2 Å². The maximum absolute atomic E-state index is 14.5. The number of aromatic nitrogens is 1. The number of aromatic amines is 1. The van der Waals surface area contributed by atoms with Crippen molar-refractivity contribution in [2.75, 3.05) is 0 Å². The molecule has 1 aliphatic rings. The van der Waals surface area contributed by atoms with Crippen LogP contribution < -0.4 is 0 Å². The Bertz CT molecular complexity index is 664. The fourth-order valence-electron chi connectivity index (χ4n) is 2.71. The first-order valence-corrected chi connectivity index (χ1v) is 6.04. The highest BCUT2D eigenvalue weighted by Crippen LogP contribution is 2.46. The summed E-state index contributed by atoms with van der Waals surface area (Å²) in [5.74, 6) is -0.268. The van der Waals surface area contributed by atoms with Gasteiger partial charge in [-0.3, -0.25) is 0 Å². The van der Waals surface area contributed by atoms with E-state index in [2.05, 4.69) is 9.98 Å². The van der Waals surface area contributed by atoms with Gasteiger partial charge in [0.25, 0.3) is 0 Å². The molecule has 1 N–H and O–H groups in total. The lowest BCUT2D eigenvalue weighted by molar-refractivity contribution is 0.248. The summed E-state index contributed by atoms with van der Waals surface area (Å²) in [5.41, 5.74) is 1.54. The number of benzene rings is 1. The minimum Gasteiger partial charge on any atom is -0.359 e. The van der Waals surface area contributed by atoms with Crippen molar-refractivity contribution in [2.45, 2.75) is 31.7 Å². The van der Waals surface area contributed by atoms with Crippen LogP contribution in [0.3, 0.4) is 0 Å². The van der Waals surface area contributed by atoms with Gasteiger partial charge in [0.05, 0.1) is 0 Å². The van der Waals surface area contributed by atoms with Gasteiger partial charge < -0.3 is 4.98 Å². The van der Waals surface area contributed by atoms with Crippen molar-refractivity contribution in [3.05, 3.63) is 35.3 Å². The Labute approximate surface area is 104 Å². The number of hydrogen-bond donors (Lipinski definition) is 1. The highest BCUT2D eigenvalue weighted by atomic mass is 19.1. The van der Waals surface area contributed by atoms with Crippen molar-refractivity contribution in [2.24, 2.45) is 4.99 Å².